The molecule has 0 saturated heterocycles. The van der Waals surface area contributed by atoms with Crippen molar-refractivity contribution in [3.63, 3.8) is 0 Å². The van der Waals surface area contributed by atoms with Gasteiger partial charge in [0.25, 0.3) is 0 Å². The molecule has 4 rings (SSSR count). The van der Waals surface area contributed by atoms with Crippen LogP contribution in [0, 0.1) is 11.8 Å². The molecule has 0 fully saturated rings. The lowest BCUT2D eigenvalue weighted by molar-refractivity contribution is 0.306. The number of fused-ring (bicyclic) bond motifs is 1. The molecule has 5 nitrogen and oxygen atoms in total. The lowest BCUT2D eigenvalue weighted by atomic mass is 10.1. The highest BCUT2D eigenvalue weighted by Crippen LogP contribution is 2.20. The van der Waals surface area contributed by atoms with E-state index in [1.54, 1.807) is 0 Å². The highest BCUT2D eigenvalue weighted by molar-refractivity contribution is 5.89. The summed E-state index contributed by atoms with van der Waals surface area (Å²) < 4.78 is 5.79. The smallest absolute Gasteiger partial charge is 0.222 e. The fourth-order valence-electron chi connectivity index (χ4n) is 2.77. The lowest BCUT2D eigenvalue weighted by Crippen LogP contribution is -2.00. The van der Waals surface area contributed by atoms with Gasteiger partial charge in [-0.15, -0.1) is 0 Å². The van der Waals surface area contributed by atoms with Gasteiger partial charge in [0.2, 0.25) is 5.95 Å². The molecule has 0 atom stereocenters. The van der Waals surface area contributed by atoms with Gasteiger partial charge in [-0.1, -0.05) is 42.2 Å². The average Bonchev–Trinajstić information content (AvgIpc) is 2.72. The minimum atomic E-state index is 0.165. The van der Waals surface area contributed by atoms with Crippen LogP contribution in [0.1, 0.15) is 16.7 Å². The van der Waals surface area contributed by atoms with Crippen LogP contribution < -0.4 is 16.2 Å². The maximum Gasteiger partial charge on any atom is 0.222 e. The first-order valence-electron chi connectivity index (χ1n) is 8.79. The minimum Gasteiger partial charge on any atom is -0.489 e. The lowest BCUT2D eigenvalue weighted by Gasteiger charge is -2.06. The maximum atomic E-state index is 5.93. The van der Waals surface area contributed by atoms with Gasteiger partial charge in [0.15, 0.2) is 0 Å². The van der Waals surface area contributed by atoms with Gasteiger partial charge >= 0.3 is 0 Å². The molecule has 1 aromatic heterocycles. The van der Waals surface area contributed by atoms with E-state index >= 15 is 0 Å². The van der Waals surface area contributed by atoms with E-state index in [4.69, 9.17) is 16.2 Å². The SMILES string of the molecule is Nc1nc(N)c2cc(C#Cc3ccc(OCc4ccccc4)cc3)ccc2n1. The first kappa shape index (κ1) is 17.4. The van der Waals surface area contributed by atoms with Gasteiger partial charge in [-0.25, -0.2) is 4.98 Å². The Hall–Kier alpha value is -4.04. The summed E-state index contributed by atoms with van der Waals surface area (Å²) >= 11 is 0. The number of hydrogen-bond donors (Lipinski definition) is 2. The van der Waals surface area contributed by atoms with Crippen LogP contribution in [-0.2, 0) is 6.61 Å². The molecule has 28 heavy (non-hydrogen) atoms. The van der Waals surface area contributed by atoms with Crippen molar-refractivity contribution in [2.75, 3.05) is 11.5 Å². The van der Waals surface area contributed by atoms with Crippen LogP contribution in [0.15, 0.2) is 72.8 Å². The number of rotatable bonds is 3. The van der Waals surface area contributed by atoms with Crippen LogP contribution in [-0.4, -0.2) is 9.97 Å². The predicted molar refractivity (Wildman–Crippen MR) is 112 cm³/mol. The summed E-state index contributed by atoms with van der Waals surface area (Å²) in [5, 5.41) is 0.741. The first-order valence-corrected chi connectivity index (χ1v) is 8.79. The Kier molecular flexibility index (Phi) is 4.77. The monoisotopic (exact) mass is 366 g/mol. The molecule has 0 radical (unpaired) electrons. The Morgan fingerprint density at radius 2 is 1.50 bits per heavy atom. The maximum absolute atomic E-state index is 5.93. The van der Waals surface area contributed by atoms with Gasteiger partial charge in [0, 0.05) is 16.5 Å². The van der Waals surface area contributed by atoms with E-state index in [-0.39, 0.29) is 5.95 Å². The third-order valence-electron chi connectivity index (χ3n) is 4.20. The Bertz CT molecular complexity index is 1180. The highest BCUT2D eigenvalue weighted by Gasteiger charge is 2.03. The van der Waals surface area contributed by atoms with Gasteiger partial charge in [-0.3, -0.25) is 0 Å². The van der Waals surface area contributed by atoms with Crippen molar-refractivity contribution in [1.29, 1.82) is 0 Å². The summed E-state index contributed by atoms with van der Waals surface area (Å²) in [6.07, 6.45) is 0. The number of nitrogens with two attached hydrogens (primary N) is 2. The van der Waals surface area contributed by atoms with E-state index < -0.39 is 0 Å². The standard InChI is InChI=1S/C23H18N4O/c24-22-20-14-17(10-13-21(20)26-23(25)27-22)7-6-16-8-11-19(12-9-16)28-15-18-4-2-1-3-5-18/h1-5,8-14H,15H2,(H4,24,25,26,27). The molecule has 3 aromatic carbocycles. The normalized spacial score (nSPS) is 10.3. The second-order valence-corrected chi connectivity index (χ2v) is 6.25. The van der Waals surface area contributed by atoms with Crippen molar-refractivity contribution in [3.05, 3.63) is 89.5 Å². The van der Waals surface area contributed by atoms with Gasteiger partial charge in [0.05, 0.1) is 5.52 Å². The molecule has 0 bridgehead atoms. The largest absolute Gasteiger partial charge is 0.489 e. The fraction of sp³-hybridized carbons (Fsp3) is 0.0435. The molecule has 0 saturated carbocycles. The number of ether oxygens (including phenoxy) is 1. The number of nitrogens with zero attached hydrogens (tertiary/aromatic N) is 2. The zero-order chi connectivity index (χ0) is 19.3. The summed E-state index contributed by atoms with van der Waals surface area (Å²) in [4.78, 5) is 8.16. The summed E-state index contributed by atoms with van der Waals surface area (Å²) in [5.74, 6) is 7.61. The number of benzene rings is 3. The van der Waals surface area contributed by atoms with Crippen molar-refractivity contribution < 1.29 is 4.74 Å². The van der Waals surface area contributed by atoms with Gasteiger partial charge in [-0.05, 0) is 48.0 Å². The van der Waals surface area contributed by atoms with Crippen LogP contribution in [0.5, 0.6) is 5.75 Å². The minimum absolute atomic E-state index is 0.165. The summed E-state index contributed by atoms with van der Waals surface area (Å²) in [7, 11) is 0. The number of hydrogen-bond acceptors (Lipinski definition) is 5. The molecule has 0 aliphatic rings. The molecule has 5 heteroatoms. The Balaban J connectivity index is 1.48. The van der Waals surface area contributed by atoms with Crippen LogP contribution in [0.2, 0.25) is 0 Å². The van der Waals surface area contributed by atoms with E-state index in [2.05, 4.69) is 21.8 Å². The van der Waals surface area contributed by atoms with E-state index in [9.17, 15) is 0 Å². The summed E-state index contributed by atoms with van der Waals surface area (Å²) in [6.45, 7) is 0.539. The molecule has 0 aliphatic heterocycles. The second kappa shape index (κ2) is 7.68. The van der Waals surface area contributed by atoms with E-state index in [0.29, 0.717) is 17.9 Å². The fourth-order valence-corrected chi connectivity index (χ4v) is 2.77. The van der Waals surface area contributed by atoms with E-state index in [1.165, 1.54) is 0 Å². The number of anilines is 2. The van der Waals surface area contributed by atoms with Crippen LogP contribution in [0.25, 0.3) is 10.9 Å². The van der Waals surface area contributed by atoms with E-state index in [0.717, 1.165) is 27.8 Å². The summed E-state index contributed by atoms with van der Waals surface area (Å²) in [6, 6.07) is 23.4. The van der Waals surface area contributed by atoms with Crippen LogP contribution in [0.3, 0.4) is 0 Å². The van der Waals surface area contributed by atoms with Crippen molar-refractivity contribution >= 4 is 22.7 Å². The van der Waals surface area contributed by atoms with Crippen molar-refractivity contribution in [3.8, 4) is 17.6 Å². The molecule has 0 unspecified atom stereocenters. The predicted octanol–water partition coefficient (Wildman–Crippen LogP) is 3.77. The number of aromatic nitrogens is 2. The van der Waals surface area contributed by atoms with Crippen LogP contribution >= 0.6 is 0 Å². The third kappa shape index (κ3) is 4.02. The Morgan fingerprint density at radius 1 is 0.786 bits per heavy atom. The molecule has 1 heterocycles. The van der Waals surface area contributed by atoms with E-state index in [1.807, 2.05) is 72.8 Å². The average molecular weight is 366 g/mol. The van der Waals surface area contributed by atoms with Crippen molar-refractivity contribution in [2.45, 2.75) is 6.61 Å². The molecule has 0 aliphatic carbocycles. The Labute approximate surface area is 163 Å². The molecule has 4 aromatic rings. The van der Waals surface area contributed by atoms with Crippen molar-refractivity contribution in [2.24, 2.45) is 0 Å². The summed E-state index contributed by atoms with van der Waals surface area (Å²) in [5.41, 5.74) is 15.1. The quantitative estimate of drug-likeness (QED) is 0.539. The van der Waals surface area contributed by atoms with Crippen LogP contribution in [0.4, 0.5) is 11.8 Å². The van der Waals surface area contributed by atoms with Gasteiger partial charge in [0.1, 0.15) is 18.2 Å². The molecule has 0 spiro atoms. The number of nitrogen functional groups attached to an aromatic ring is 2. The molecule has 136 valence electrons. The first-order chi connectivity index (χ1) is 13.7. The molecular weight excluding hydrogens is 348 g/mol. The molecule has 0 amide bonds. The van der Waals surface area contributed by atoms with Gasteiger partial charge < -0.3 is 16.2 Å². The topological polar surface area (TPSA) is 87.0 Å². The zero-order valence-corrected chi connectivity index (χ0v) is 15.1. The second-order valence-electron chi connectivity index (χ2n) is 6.25. The van der Waals surface area contributed by atoms with Gasteiger partial charge in [-0.2, -0.15) is 4.98 Å². The van der Waals surface area contributed by atoms with Crippen molar-refractivity contribution in [1.82, 2.24) is 9.97 Å². The molecular formula is C23H18N4O. The highest BCUT2D eigenvalue weighted by atomic mass is 16.5. The zero-order valence-electron chi connectivity index (χ0n) is 15.1. The molecule has 4 N–H and O–H groups in total. The third-order valence-corrected chi connectivity index (χ3v) is 4.20. The Morgan fingerprint density at radius 3 is 2.29 bits per heavy atom.